The molecule has 1 aromatic rings. The van der Waals surface area contributed by atoms with Gasteiger partial charge in [-0.1, -0.05) is 0 Å². The minimum absolute atomic E-state index is 0.0868. The van der Waals surface area contributed by atoms with Crippen molar-refractivity contribution in [1.29, 1.82) is 0 Å². The number of hydrogen-bond acceptors (Lipinski definition) is 3. The maximum Gasteiger partial charge on any atom is 0.269 e. The molecule has 0 aliphatic rings. The summed E-state index contributed by atoms with van der Waals surface area (Å²) in [5.74, 6) is -0.192. The number of aldehydes is 1. The lowest BCUT2D eigenvalue weighted by Crippen LogP contribution is -2.01. The van der Waals surface area contributed by atoms with Crippen LogP contribution in [0.4, 0.5) is 8.78 Å². The van der Waals surface area contributed by atoms with E-state index in [-0.39, 0.29) is 17.1 Å². The Balaban J connectivity index is 3.34. The standard InChI is InChI=1S/C9H9F2NO2/c1-5-3-6(4-13)12-9(14-2)7(5)8(10)11/h3-4,8H,1-2H3. The van der Waals surface area contributed by atoms with Crippen molar-refractivity contribution in [2.45, 2.75) is 13.3 Å². The van der Waals surface area contributed by atoms with E-state index < -0.39 is 6.43 Å². The first-order valence-electron chi connectivity index (χ1n) is 3.89. The number of methoxy groups -OCH3 is 1. The van der Waals surface area contributed by atoms with Gasteiger partial charge in [0, 0.05) is 0 Å². The number of halogens is 2. The molecule has 3 nitrogen and oxygen atoms in total. The van der Waals surface area contributed by atoms with Crippen LogP contribution in [0.2, 0.25) is 0 Å². The van der Waals surface area contributed by atoms with Crippen LogP contribution in [0.15, 0.2) is 6.07 Å². The molecule has 0 unspecified atom stereocenters. The Morgan fingerprint density at radius 3 is 2.64 bits per heavy atom. The van der Waals surface area contributed by atoms with Crippen LogP contribution in [-0.4, -0.2) is 18.4 Å². The van der Waals surface area contributed by atoms with Gasteiger partial charge in [-0.15, -0.1) is 0 Å². The molecule has 0 fully saturated rings. The Bertz CT molecular complexity index is 353. The van der Waals surface area contributed by atoms with Crippen LogP contribution in [0.5, 0.6) is 5.88 Å². The molecule has 1 aromatic heterocycles. The molecule has 76 valence electrons. The lowest BCUT2D eigenvalue weighted by molar-refractivity contribution is 0.111. The molecule has 14 heavy (non-hydrogen) atoms. The maximum absolute atomic E-state index is 12.5. The van der Waals surface area contributed by atoms with E-state index in [1.165, 1.54) is 20.1 Å². The predicted octanol–water partition coefficient (Wildman–Crippen LogP) is 2.15. The minimum Gasteiger partial charge on any atom is -0.481 e. The Morgan fingerprint density at radius 2 is 2.21 bits per heavy atom. The fourth-order valence-corrected chi connectivity index (χ4v) is 1.16. The zero-order chi connectivity index (χ0) is 10.7. The van der Waals surface area contributed by atoms with Gasteiger partial charge in [0.25, 0.3) is 6.43 Å². The average molecular weight is 201 g/mol. The summed E-state index contributed by atoms with van der Waals surface area (Å²) in [5.41, 5.74) is 0.121. The first-order valence-corrected chi connectivity index (χ1v) is 3.89. The third kappa shape index (κ3) is 1.86. The molecule has 0 aromatic carbocycles. The molecule has 0 saturated heterocycles. The van der Waals surface area contributed by atoms with Crippen molar-refractivity contribution in [2.24, 2.45) is 0 Å². The molecule has 0 bridgehead atoms. The molecular formula is C9H9F2NO2. The van der Waals surface area contributed by atoms with Crippen molar-refractivity contribution in [3.8, 4) is 5.88 Å². The molecule has 0 aliphatic heterocycles. The van der Waals surface area contributed by atoms with Crippen LogP contribution in [0, 0.1) is 6.92 Å². The summed E-state index contributed by atoms with van der Waals surface area (Å²) in [6.07, 6.45) is -2.16. The fraction of sp³-hybridized carbons (Fsp3) is 0.333. The molecule has 1 rings (SSSR count). The number of carbonyl (C=O) groups is 1. The van der Waals surface area contributed by atoms with Crippen LogP contribution in [0.1, 0.15) is 28.0 Å². The van der Waals surface area contributed by atoms with E-state index in [4.69, 9.17) is 0 Å². The molecular weight excluding hydrogens is 192 g/mol. The molecule has 0 aliphatic carbocycles. The first-order chi connectivity index (χ1) is 6.60. The highest BCUT2D eigenvalue weighted by atomic mass is 19.3. The van der Waals surface area contributed by atoms with Crippen molar-refractivity contribution in [1.82, 2.24) is 4.98 Å². The minimum atomic E-state index is -2.65. The lowest BCUT2D eigenvalue weighted by atomic mass is 10.1. The van der Waals surface area contributed by atoms with Crippen LogP contribution >= 0.6 is 0 Å². The maximum atomic E-state index is 12.5. The Morgan fingerprint density at radius 1 is 1.57 bits per heavy atom. The van der Waals surface area contributed by atoms with Crippen LogP contribution in [0.25, 0.3) is 0 Å². The molecule has 0 saturated carbocycles. The van der Waals surface area contributed by atoms with E-state index in [0.717, 1.165) is 0 Å². The van der Waals surface area contributed by atoms with Gasteiger partial charge in [0.2, 0.25) is 5.88 Å². The number of nitrogens with zero attached hydrogens (tertiary/aromatic N) is 1. The lowest BCUT2D eigenvalue weighted by Gasteiger charge is -2.09. The number of alkyl halides is 2. The summed E-state index contributed by atoms with van der Waals surface area (Å²) in [6.45, 7) is 1.48. The molecule has 0 N–H and O–H groups in total. The monoisotopic (exact) mass is 201 g/mol. The number of carbonyl (C=O) groups excluding carboxylic acids is 1. The van der Waals surface area contributed by atoms with Gasteiger partial charge in [-0.3, -0.25) is 4.79 Å². The first kappa shape index (κ1) is 10.6. The number of aromatic nitrogens is 1. The highest BCUT2D eigenvalue weighted by Crippen LogP contribution is 2.30. The fourth-order valence-electron chi connectivity index (χ4n) is 1.16. The van der Waals surface area contributed by atoms with Gasteiger partial charge in [-0.05, 0) is 18.6 Å². The highest BCUT2D eigenvalue weighted by molar-refractivity contribution is 5.72. The Labute approximate surface area is 79.7 Å². The quantitative estimate of drug-likeness (QED) is 0.703. The van der Waals surface area contributed by atoms with Crippen LogP contribution in [-0.2, 0) is 0 Å². The summed E-state index contributed by atoms with van der Waals surface area (Å²) in [4.78, 5) is 14.0. The second-order valence-corrected chi connectivity index (χ2v) is 2.71. The van der Waals surface area contributed by atoms with Gasteiger partial charge in [-0.25, -0.2) is 13.8 Å². The number of aryl methyl sites for hydroxylation is 1. The van der Waals surface area contributed by atoms with Crippen LogP contribution in [0.3, 0.4) is 0 Å². The van der Waals surface area contributed by atoms with E-state index in [9.17, 15) is 13.6 Å². The van der Waals surface area contributed by atoms with Gasteiger partial charge < -0.3 is 4.74 Å². The summed E-state index contributed by atoms with van der Waals surface area (Å²) >= 11 is 0. The molecule has 0 amide bonds. The van der Waals surface area contributed by atoms with Gasteiger partial charge in [-0.2, -0.15) is 0 Å². The third-order valence-corrected chi connectivity index (χ3v) is 1.78. The van der Waals surface area contributed by atoms with E-state index in [1.54, 1.807) is 0 Å². The summed E-state index contributed by atoms with van der Waals surface area (Å²) in [5, 5.41) is 0. The second-order valence-electron chi connectivity index (χ2n) is 2.71. The number of hydrogen-bond donors (Lipinski definition) is 0. The number of pyridine rings is 1. The molecule has 0 spiro atoms. The SMILES string of the molecule is COc1nc(C=O)cc(C)c1C(F)F. The predicted molar refractivity (Wildman–Crippen MR) is 45.9 cm³/mol. The summed E-state index contributed by atoms with van der Waals surface area (Å²) < 4.78 is 29.7. The van der Waals surface area contributed by atoms with Crippen molar-refractivity contribution >= 4 is 6.29 Å². The molecule has 0 atom stereocenters. The van der Waals surface area contributed by atoms with Crippen molar-refractivity contribution < 1.29 is 18.3 Å². The van der Waals surface area contributed by atoms with E-state index in [2.05, 4.69) is 9.72 Å². The van der Waals surface area contributed by atoms with E-state index in [1.807, 2.05) is 0 Å². The largest absolute Gasteiger partial charge is 0.481 e. The zero-order valence-corrected chi connectivity index (χ0v) is 7.75. The van der Waals surface area contributed by atoms with Crippen molar-refractivity contribution in [3.05, 3.63) is 22.9 Å². The van der Waals surface area contributed by atoms with Gasteiger partial charge in [0.05, 0.1) is 12.7 Å². The summed E-state index contributed by atoms with van der Waals surface area (Å²) in [7, 11) is 1.24. The average Bonchev–Trinajstić information content (AvgIpc) is 2.15. The van der Waals surface area contributed by atoms with Gasteiger partial charge in [0.1, 0.15) is 5.69 Å². The number of rotatable bonds is 3. The summed E-state index contributed by atoms with van der Waals surface area (Å²) in [6, 6.07) is 1.30. The van der Waals surface area contributed by atoms with Crippen molar-refractivity contribution in [3.63, 3.8) is 0 Å². The van der Waals surface area contributed by atoms with Gasteiger partial charge in [0.15, 0.2) is 6.29 Å². The van der Waals surface area contributed by atoms with Crippen LogP contribution < -0.4 is 4.74 Å². The second kappa shape index (κ2) is 4.13. The Hall–Kier alpha value is -1.52. The van der Waals surface area contributed by atoms with E-state index >= 15 is 0 Å². The highest BCUT2D eigenvalue weighted by Gasteiger charge is 2.19. The number of ether oxygens (including phenoxy) is 1. The normalized spacial score (nSPS) is 10.4. The third-order valence-electron chi connectivity index (χ3n) is 1.78. The van der Waals surface area contributed by atoms with Crippen molar-refractivity contribution in [2.75, 3.05) is 7.11 Å². The molecule has 0 radical (unpaired) electrons. The van der Waals surface area contributed by atoms with E-state index in [0.29, 0.717) is 11.8 Å². The topological polar surface area (TPSA) is 39.2 Å². The van der Waals surface area contributed by atoms with Gasteiger partial charge >= 0.3 is 0 Å². The molecule has 1 heterocycles. The zero-order valence-electron chi connectivity index (χ0n) is 7.75. The Kier molecular flexibility index (Phi) is 3.11. The molecule has 5 heteroatoms. The smallest absolute Gasteiger partial charge is 0.269 e.